The molecule has 0 aliphatic heterocycles. The first-order valence-corrected chi connectivity index (χ1v) is 4.53. The monoisotopic (exact) mass is 204 g/mol. The quantitative estimate of drug-likeness (QED) is 0.699. The second kappa shape index (κ2) is 3.68. The van der Waals surface area contributed by atoms with Crippen LogP contribution in [-0.4, -0.2) is 4.98 Å². The third-order valence-corrected chi connectivity index (χ3v) is 2.24. The van der Waals surface area contributed by atoms with Crippen LogP contribution in [0.1, 0.15) is 0 Å². The SMILES string of the molecule is [O]c1cccc(Cl)c1-c1cccnc1. The van der Waals surface area contributed by atoms with Gasteiger partial charge < -0.3 is 0 Å². The number of halogens is 1. The molecule has 2 nitrogen and oxygen atoms in total. The van der Waals surface area contributed by atoms with E-state index in [1.807, 2.05) is 6.07 Å². The zero-order valence-corrected chi connectivity index (χ0v) is 8.03. The van der Waals surface area contributed by atoms with Crippen LogP contribution in [0.2, 0.25) is 5.02 Å². The van der Waals surface area contributed by atoms with Crippen molar-refractivity contribution in [3.05, 3.63) is 47.7 Å². The van der Waals surface area contributed by atoms with E-state index in [0.29, 0.717) is 10.6 Å². The molecular weight excluding hydrogens is 198 g/mol. The van der Waals surface area contributed by atoms with Crippen LogP contribution < -0.4 is 0 Å². The van der Waals surface area contributed by atoms with Crippen LogP contribution in [-0.2, 0) is 5.11 Å². The van der Waals surface area contributed by atoms with Crippen LogP contribution in [0.4, 0.5) is 0 Å². The van der Waals surface area contributed by atoms with Gasteiger partial charge in [-0.1, -0.05) is 23.7 Å². The Morgan fingerprint density at radius 1 is 1.14 bits per heavy atom. The van der Waals surface area contributed by atoms with Crippen molar-refractivity contribution in [2.24, 2.45) is 0 Å². The first-order chi connectivity index (χ1) is 6.79. The molecule has 1 heterocycles. The Labute approximate surface area is 86.8 Å². The highest BCUT2D eigenvalue weighted by Crippen LogP contribution is 2.35. The van der Waals surface area contributed by atoms with Gasteiger partial charge in [-0.2, -0.15) is 0 Å². The van der Waals surface area contributed by atoms with Crippen molar-refractivity contribution in [2.75, 3.05) is 0 Å². The maximum absolute atomic E-state index is 11.5. The average Bonchev–Trinajstić information content (AvgIpc) is 2.19. The van der Waals surface area contributed by atoms with Crippen LogP contribution in [0, 0.1) is 0 Å². The summed E-state index contributed by atoms with van der Waals surface area (Å²) in [6.45, 7) is 0. The number of hydrogen-bond acceptors (Lipinski definition) is 1. The molecule has 2 aromatic rings. The summed E-state index contributed by atoms with van der Waals surface area (Å²) >= 11 is 5.94. The van der Waals surface area contributed by atoms with Gasteiger partial charge in [-0.25, -0.2) is 0 Å². The molecule has 0 saturated heterocycles. The standard InChI is InChI=1S/C11H7ClNO/c12-9-4-1-5-10(14)11(9)8-3-2-6-13-7-8/h1-7H. The molecular formula is C11H7ClNO. The Morgan fingerprint density at radius 3 is 2.64 bits per heavy atom. The minimum absolute atomic E-state index is 0.0782. The van der Waals surface area contributed by atoms with Crippen LogP contribution in [0.25, 0.3) is 11.1 Å². The minimum atomic E-state index is -0.0782. The molecule has 0 fully saturated rings. The van der Waals surface area contributed by atoms with E-state index in [1.54, 1.807) is 30.6 Å². The first-order valence-electron chi connectivity index (χ1n) is 4.15. The largest absolute Gasteiger partial charge is 0.289 e. The summed E-state index contributed by atoms with van der Waals surface area (Å²) < 4.78 is 0. The normalized spacial score (nSPS) is 10.1. The molecule has 0 bridgehead atoms. The van der Waals surface area contributed by atoms with Gasteiger partial charge in [0.25, 0.3) is 0 Å². The molecule has 2 rings (SSSR count). The number of benzene rings is 1. The minimum Gasteiger partial charge on any atom is -0.289 e. The molecule has 0 unspecified atom stereocenters. The van der Waals surface area contributed by atoms with Crippen molar-refractivity contribution in [3.63, 3.8) is 0 Å². The molecule has 0 atom stereocenters. The maximum atomic E-state index is 11.5. The number of aromatic nitrogens is 1. The number of hydrogen-bond donors (Lipinski definition) is 0. The Morgan fingerprint density at radius 2 is 2.00 bits per heavy atom. The highest BCUT2D eigenvalue weighted by Gasteiger charge is 2.09. The van der Waals surface area contributed by atoms with Crippen molar-refractivity contribution >= 4 is 11.6 Å². The molecule has 0 aliphatic rings. The van der Waals surface area contributed by atoms with Gasteiger partial charge in [0.15, 0.2) is 5.75 Å². The van der Waals surface area contributed by atoms with Gasteiger partial charge in [0, 0.05) is 23.5 Å². The van der Waals surface area contributed by atoms with Gasteiger partial charge >= 0.3 is 0 Å². The maximum Gasteiger partial charge on any atom is 0.187 e. The van der Waals surface area contributed by atoms with Crippen LogP contribution >= 0.6 is 11.6 Å². The Hall–Kier alpha value is -1.54. The summed E-state index contributed by atoms with van der Waals surface area (Å²) in [5, 5.41) is 12.0. The Kier molecular flexibility index (Phi) is 2.37. The van der Waals surface area contributed by atoms with Crippen LogP contribution in [0.5, 0.6) is 5.75 Å². The van der Waals surface area contributed by atoms with Crippen LogP contribution in [0.3, 0.4) is 0 Å². The number of pyridine rings is 1. The first kappa shape index (κ1) is 9.03. The molecule has 1 radical (unpaired) electrons. The van der Waals surface area contributed by atoms with Gasteiger partial charge in [0.05, 0.1) is 5.02 Å². The lowest BCUT2D eigenvalue weighted by Crippen LogP contribution is -1.80. The zero-order chi connectivity index (χ0) is 9.97. The molecule has 0 amide bonds. The van der Waals surface area contributed by atoms with Gasteiger partial charge in [-0.3, -0.25) is 10.1 Å². The van der Waals surface area contributed by atoms with E-state index in [1.165, 1.54) is 6.07 Å². The second-order valence-corrected chi connectivity index (χ2v) is 3.26. The van der Waals surface area contributed by atoms with E-state index in [9.17, 15) is 5.11 Å². The van der Waals surface area contributed by atoms with E-state index in [0.717, 1.165) is 5.56 Å². The summed E-state index contributed by atoms with van der Waals surface area (Å²) in [6, 6.07) is 8.43. The fourth-order valence-corrected chi connectivity index (χ4v) is 1.57. The molecule has 1 aromatic carbocycles. The zero-order valence-electron chi connectivity index (χ0n) is 7.27. The van der Waals surface area contributed by atoms with Crippen molar-refractivity contribution in [3.8, 4) is 16.9 Å². The molecule has 1 aromatic heterocycles. The molecule has 0 N–H and O–H groups in total. The van der Waals surface area contributed by atoms with E-state index >= 15 is 0 Å². The topological polar surface area (TPSA) is 32.8 Å². The fourth-order valence-electron chi connectivity index (χ4n) is 1.30. The third kappa shape index (κ3) is 1.56. The highest BCUT2D eigenvalue weighted by atomic mass is 35.5. The smallest absolute Gasteiger partial charge is 0.187 e. The predicted octanol–water partition coefficient (Wildman–Crippen LogP) is 3.55. The van der Waals surface area contributed by atoms with Crippen molar-refractivity contribution < 1.29 is 5.11 Å². The van der Waals surface area contributed by atoms with Gasteiger partial charge in [-0.05, 0) is 18.2 Å². The summed E-state index contributed by atoms with van der Waals surface area (Å²) in [5.41, 5.74) is 1.27. The summed E-state index contributed by atoms with van der Waals surface area (Å²) in [4.78, 5) is 3.95. The lowest BCUT2D eigenvalue weighted by Gasteiger charge is -2.03. The Balaban J connectivity index is 2.63. The van der Waals surface area contributed by atoms with E-state index in [2.05, 4.69) is 4.98 Å². The third-order valence-electron chi connectivity index (χ3n) is 1.93. The molecule has 0 aliphatic carbocycles. The van der Waals surface area contributed by atoms with E-state index < -0.39 is 0 Å². The number of nitrogens with zero attached hydrogens (tertiary/aromatic N) is 1. The van der Waals surface area contributed by atoms with Crippen LogP contribution in [0.15, 0.2) is 42.7 Å². The van der Waals surface area contributed by atoms with Crippen molar-refractivity contribution in [1.29, 1.82) is 0 Å². The number of rotatable bonds is 1. The van der Waals surface area contributed by atoms with Gasteiger partial charge in [-0.15, -0.1) is 0 Å². The van der Waals surface area contributed by atoms with Gasteiger partial charge in [0.1, 0.15) is 0 Å². The summed E-state index contributed by atoms with van der Waals surface area (Å²) in [7, 11) is 0. The summed E-state index contributed by atoms with van der Waals surface area (Å²) in [5.74, 6) is -0.0782. The molecule has 14 heavy (non-hydrogen) atoms. The highest BCUT2D eigenvalue weighted by molar-refractivity contribution is 6.33. The van der Waals surface area contributed by atoms with E-state index in [4.69, 9.17) is 11.6 Å². The summed E-state index contributed by atoms with van der Waals surface area (Å²) in [6.07, 6.45) is 3.29. The van der Waals surface area contributed by atoms with E-state index in [-0.39, 0.29) is 5.75 Å². The molecule has 3 heteroatoms. The second-order valence-electron chi connectivity index (χ2n) is 2.85. The Bertz CT molecular complexity index is 422. The molecule has 69 valence electrons. The lowest BCUT2D eigenvalue weighted by molar-refractivity contribution is 0.356. The van der Waals surface area contributed by atoms with Crippen molar-refractivity contribution in [1.82, 2.24) is 4.98 Å². The average molecular weight is 205 g/mol. The van der Waals surface area contributed by atoms with Crippen molar-refractivity contribution in [2.45, 2.75) is 0 Å². The molecule has 0 spiro atoms. The van der Waals surface area contributed by atoms with Gasteiger partial charge in [0.2, 0.25) is 0 Å². The lowest BCUT2D eigenvalue weighted by atomic mass is 10.1. The fraction of sp³-hybridized carbons (Fsp3) is 0. The predicted molar refractivity (Wildman–Crippen MR) is 54.8 cm³/mol. The molecule has 0 saturated carbocycles.